The fourth-order valence-electron chi connectivity index (χ4n) is 2.72. The van der Waals surface area contributed by atoms with Crippen LogP contribution in [0.25, 0.3) is 0 Å². The minimum atomic E-state index is -0.244. The predicted molar refractivity (Wildman–Crippen MR) is 67.4 cm³/mol. The molecule has 1 fully saturated rings. The van der Waals surface area contributed by atoms with E-state index >= 15 is 0 Å². The highest BCUT2D eigenvalue weighted by molar-refractivity contribution is 5.25. The Morgan fingerprint density at radius 3 is 2.69 bits per heavy atom. The number of rotatable bonds is 3. The van der Waals surface area contributed by atoms with E-state index in [-0.39, 0.29) is 6.10 Å². The van der Waals surface area contributed by atoms with E-state index in [9.17, 15) is 5.11 Å². The second-order valence-corrected chi connectivity index (χ2v) is 4.94. The lowest BCUT2D eigenvalue weighted by atomic mass is 9.82. The molecule has 0 aromatic heterocycles. The molecule has 88 valence electrons. The lowest BCUT2D eigenvalue weighted by molar-refractivity contribution is 0.0848. The molecule has 1 saturated carbocycles. The van der Waals surface area contributed by atoms with Crippen LogP contribution in [0.4, 0.5) is 0 Å². The highest BCUT2D eigenvalue weighted by atomic mass is 16.3. The molecule has 0 spiro atoms. The number of aliphatic hydroxyl groups is 1. The maximum absolute atomic E-state index is 10.4. The molecule has 1 unspecified atom stereocenters. The predicted octanol–water partition coefficient (Wildman–Crippen LogP) is 3.86. The van der Waals surface area contributed by atoms with E-state index in [1.54, 1.807) is 0 Å². The van der Waals surface area contributed by atoms with E-state index in [4.69, 9.17) is 0 Å². The Kier molecular flexibility index (Phi) is 4.00. The van der Waals surface area contributed by atoms with Crippen LogP contribution in [0.1, 0.15) is 56.3 Å². The van der Waals surface area contributed by atoms with Crippen LogP contribution in [0.15, 0.2) is 24.3 Å². The van der Waals surface area contributed by atoms with Crippen molar-refractivity contribution in [2.45, 2.75) is 51.6 Å². The summed E-state index contributed by atoms with van der Waals surface area (Å²) in [5, 5.41) is 10.4. The zero-order chi connectivity index (χ0) is 11.4. The number of hydrogen-bond acceptors (Lipinski definition) is 1. The molecule has 0 saturated heterocycles. The van der Waals surface area contributed by atoms with E-state index in [0.717, 1.165) is 12.0 Å². The van der Waals surface area contributed by atoms with Gasteiger partial charge >= 0.3 is 0 Å². The summed E-state index contributed by atoms with van der Waals surface area (Å²) < 4.78 is 0. The van der Waals surface area contributed by atoms with Crippen molar-refractivity contribution in [3.05, 3.63) is 35.4 Å². The van der Waals surface area contributed by atoms with Gasteiger partial charge in [0.1, 0.15) is 0 Å². The van der Waals surface area contributed by atoms with Crippen molar-refractivity contribution >= 4 is 0 Å². The first-order valence-electron chi connectivity index (χ1n) is 6.58. The van der Waals surface area contributed by atoms with Crippen molar-refractivity contribution < 1.29 is 5.11 Å². The average molecular weight is 218 g/mol. The van der Waals surface area contributed by atoms with E-state index in [1.165, 1.54) is 37.7 Å². The van der Waals surface area contributed by atoms with E-state index < -0.39 is 0 Å². The van der Waals surface area contributed by atoms with Crippen molar-refractivity contribution in [2.24, 2.45) is 5.92 Å². The van der Waals surface area contributed by atoms with Gasteiger partial charge < -0.3 is 5.11 Å². The van der Waals surface area contributed by atoms with Crippen LogP contribution in [0.3, 0.4) is 0 Å². The number of hydrogen-bond donors (Lipinski definition) is 1. The van der Waals surface area contributed by atoms with Gasteiger partial charge in [-0.2, -0.15) is 0 Å². The molecular formula is C15H22O. The highest BCUT2D eigenvalue weighted by Crippen LogP contribution is 2.34. The smallest absolute Gasteiger partial charge is 0.0818 e. The van der Waals surface area contributed by atoms with E-state index in [1.807, 2.05) is 0 Å². The second-order valence-electron chi connectivity index (χ2n) is 4.94. The van der Waals surface area contributed by atoms with Crippen molar-refractivity contribution in [3.63, 3.8) is 0 Å². The maximum Gasteiger partial charge on any atom is 0.0818 e. The van der Waals surface area contributed by atoms with Gasteiger partial charge in [-0.15, -0.1) is 0 Å². The van der Waals surface area contributed by atoms with Crippen molar-refractivity contribution in [3.8, 4) is 0 Å². The van der Waals surface area contributed by atoms with Gasteiger partial charge in [0.15, 0.2) is 0 Å². The van der Waals surface area contributed by atoms with Crippen LogP contribution < -0.4 is 0 Å². The summed E-state index contributed by atoms with van der Waals surface area (Å²) >= 11 is 0. The first kappa shape index (κ1) is 11.7. The molecule has 1 aliphatic carbocycles. The van der Waals surface area contributed by atoms with E-state index in [2.05, 4.69) is 31.2 Å². The van der Waals surface area contributed by atoms with Crippen LogP contribution >= 0.6 is 0 Å². The second kappa shape index (κ2) is 5.49. The van der Waals surface area contributed by atoms with Crippen LogP contribution in [-0.2, 0) is 6.42 Å². The molecule has 0 amide bonds. The van der Waals surface area contributed by atoms with Crippen molar-refractivity contribution in [1.82, 2.24) is 0 Å². The summed E-state index contributed by atoms with van der Waals surface area (Å²) in [6, 6.07) is 8.44. The lowest BCUT2D eigenvalue weighted by Gasteiger charge is -2.27. The van der Waals surface area contributed by atoms with Crippen LogP contribution in [0.2, 0.25) is 0 Å². The molecule has 2 rings (SSSR count). The lowest BCUT2D eigenvalue weighted by Crippen LogP contribution is -2.16. The average Bonchev–Trinajstić information content (AvgIpc) is 2.39. The third kappa shape index (κ3) is 2.65. The normalized spacial score (nSPS) is 19.6. The largest absolute Gasteiger partial charge is 0.388 e. The van der Waals surface area contributed by atoms with Crippen molar-refractivity contribution in [2.75, 3.05) is 0 Å². The summed E-state index contributed by atoms with van der Waals surface area (Å²) in [4.78, 5) is 0. The van der Waals surface area contributed by atoms with Gasteiger partial charge in [-0.25, -0.2) is 0 Å². The molecule has 16 heavy (non-hydrogen) atoms. The van der Waals surface area contributed by atoms with Gasteiger partial charge in [0.05, 0.1) is 6.10 Å². The summed E-state index contributed by atoms with van der Waals surface area (Å²) in [7, 11) is 0. The molecule has 1 atom stereocenters. The van der Waals surface area contributed by atoms with Crippen LogP contribution in [0.5, 0.6) is 0 Å². The first-order valence-corrected chi connectivity index (χ1v) is 6.58. The minimum absolute atomic E-state index is 0.244. The number of benzene rings is 1. The molecule has 0 aliphatic heterocycles. The standard InChI is InChI=1S/C15H22O/c1-2-12-7-6-10-14(11-12)15(16)13-8-4-3-5-9-13/h6-7,10-11,13,15-16H,2-5,8-9H2,1H3. The Labute approximate surface area is 98.5 Å². The fourth-order valence-corrected chi connectivity index (χ4v) is 2.72. The number of aliphatic hydroxyl groups excluding tert-OH is 1. The van der Waals surface area contributed by atoms with Gasteiger partial charge in [0.2, 0.25) is 0 Å². The Bertz CT molecular complexity index is 326. The molecule has 1 nitrogen and oxygen atoms in total. The zero-order valence-electron chi connectivity index (χ0n) is 10.2. The summed E-state index contributed by atoms with van der Waals surface area (Å²) in [6.45, 7) is 2.16. The number of aryl methyl sites for hydroxylation is 1. The Morgan fingerprint density at radius 2 is 2.00 bits per heavy atom. The summed E-state index contributed by atoms with van der Waals surface area (Å²) in [6.07, 6.45) is 7.11. The third-order valence-electron chi connectivity index (χ3n) is 3.80. The fraction of sp³-hybridized carbons (Fsp3) is 0.600. The van der Waals surface area contributed by atoms with Gasteiger partial charge in [0.25, 0.3) is 0 Å². The van der Waals surface area contributed by atoms with Gasteiger partial charge in [-0.05, 0) is 36.3 Å². The molecule has 0 heterocycles. The van der Waals surface area contributed by atoms with Crippen LogP contribution in [-0.4, -0.2) is 5.11 Å². The Morgan fingerprint density at radius 1 is 1.25 bits per heavy atom. The molecular weight excluding hydrogens is 196 g/mol. The molecule has 1 heteroatoms. The van der Waals surface area contributed by atoms with Crippen molar-refractivity contribution in [1.29, 1.82) is 0 Å². The molecule has 1 aliphatic rings. The third-order valence-corrected chi connectivity index (χ3v) is 3.80. The molecule has 0 bridgehead atoms. The maximum atomic E-state index is 10.4. The quantitative estimate of drug-likeness (QED) is 0.816. The topological polar surface area (TPSA) is 20.2 Å². The SMILES string of the molecule is CCc1cccc(C(O)C2CCCCC2)c1. The van der Waals surface area contributed by atoms with Gasteiger partial charge in [0, 0.05) is 0 Å². The Hall–Kier alpha value is -0.820. The highest BCUT2D eigenvalue weighted by Gasteiger charge is 2.22. The Balaban J connectivity index is 2.09. The monoisotopic (exact) mass is 218 g/mol. The van der Waals surface area contributed by atoms with Crippen LogP contribution in [0, 0.1) is 5.92 Å². The van der Waals surface area contributed by atoms with Gasteiger partial charge in [-0.1, -0.05) is 50.5 Å². The molecule has 1 aromatic rings. The first-order chi connectivity index (χ1) is 7.81. The zero-order valence-corrected chi connectivity index (χ0v) is 10.2. The summed E-state index contributed by atoms with van der Waals surface area (Å²) in [5.41, 5.74) is 2.44. The molecule has 1 N–H and O–H groups in total. The van der Waals surface area contributed by atoms with E-state index in [0.29, 0.717) is 5.92 Å². The summed E-state index contributed by atoms with van der Waals surface area (Å²) in [5.74, 6) is 0.487. The van der Waals surface area contributed by atoms with Gasteiger partial charge in [-0.3, -0.25) is 0 Å². The molecule has 0 radical (unpaired) electrons. The molecule has 1 aromatic carbocycles. The minimum Gasteiger partial charge on any atom is -0.388 e.